The van der Waals surface area contributed by atoms with Crippen molar-refractivity contribution in [1.29, 1.82) is 0 Å². The molecule has 0 amide bonds. The number of rotatable bonds is 3. The van der Waals surface area contributed by atoms with Crippen LogP contribution in [0.4, 0.5) is 0 Å². The summed E-state index contributed by atoms with van der Waals surface area (Å²) in [5, 5.41) is 4.44. The van der Waals surface area contributed by atoms with Crippen LogP contribution in [0, 0.1) is 0 Å². The standard InChI is InChI=1S/C7H14N4O2/c1-4(8)3-5(2)11-6(12)9-10-7(11)13/h4-5H,3,8H2,1-2H3,(H,9,12)(H,10,13). The van der Waals surface area contributed by atoms with Crippen LogP contribution in [-0.2, 0) is 0 Å². The minimum absolute atomic E-state index is 0.0313. The second-order valence-corrected chi connectivity index (χ2v) is 3.29. The van der Waals surface area contributed by atoms with Crippen molar-refractivity contribution in [3.63, 3.8) is 0 Å². The molecule has 0 saturated carbocycles. The third kappa shape index (κ3) is 2.09. The van der Waals surface area contributed by atoms with Crippen LogP contribution in [0.3, 0.4) is 0 Å². The predicted molar refractivity (Wildman–Crippen MR) is 48.7 cm³/mol. The van der Waals surface area contributed by atoms with E-state index in [0.717, 1.165) is 4.57 Å². The van der Waals surface area contributed by atoms with Crippen LogP contribution in [0.15, 0.2) is 9.59 Å². The van der Waals surface area contributed by atoms with Crippen molar-refractivity contribution < 1.29 is 0 Å². The van der Waals surface area contributed by atoms with Gasteiger partial charge in [-0.25, -0.2) is 24.4 Å². The molecule has 0 bridgehead atoms. The molecule has 2 unspecified atom stereocenters. The molecule has 0 saturated heterocycles. The lowest BCUT2D eigenvalue weighted by Gasteiger charge is -2.12. The number of hydrogen-bond donors (Lipinski definition) is 3. The molecule has 1 heterocycles. The lowest BCUT2D eigenvalue weighted by atomic mass is 10.1. The monoisotopic (exact) mass is 186 g/mol. The Morgan fingerprint density at radius 1 is 1.31 bits per heavy atom. The molecule has 13 heavy (non-hydrogen) atoms. The van der Waals surface area contributed by atoms with E-state index < -0.39 is 11.4 Å². The van der Waals surface area contributed by atoms with Gasteiger partial charge in [0.1, 0.15) is 0 Å². The van der Waals surface area contributed by atoms with Crippen LogP contribution in [-0.4, -0.2) is 20.8 Å². The molecule has 0 spiro atoms. The average Bonchev–Trinajstić information content (AvgIpc) is 2.29. The zero-order chi connectivity index (χ0) is 10.0. The van der Waals surface area contributed by atoms with Gasteiger partial charge in [-0.05, 0) is 20.3 Å². The molecular formula is C7H14N4O2. The molecule has 4 N–H and O–H groups in total. The maximum Gasteiger partial charge on any atom is 0.344 e. The fourth-order valence-electron chi connectivity index (χ4n) is 1.36. The number of nitrogens with zero attached hydrogens (tertiary/aromatic N) is 1. The van der Waals surface area contributed by atoms with Gasteiger partial charge in [0, 0.05) is 12.1 Å². The number of hydrogen-bond acceptors (Lipinski definition) is 3. The number of H-pyrrole nitrogens is 2. The Morgan fingerprint density at radius 3 is 2.15 bits per heavy atom. The molecule has 1 aromatic heterocycles. The van der Waals surface area contributed by atoms with Crippen molar-refractivity contribution in [3.05, 3.63) is 21.0 Å². The number of aromatic amines is 2. The molecule has 1 aromatic rings. The third-order valence-corrected chi connectivity index (χ3v) is 1.87. The van der Waals surface area contributed by atoms with Crippen molar-refractivity contribution in [3.8, 4) is 0 Å². The second kappa shape index (κ2) is 3.61. The quantitative estimate of drug-likeness (QED) is 0.574. The van der Waals surface area contributed by atoms with Crippen LogP contribution >= 0.6 is 0 Å². The maximum atomic E-state index is 11.1. The minimum Gasteiger partial charge on any atom is -0.328 e. The Morgan fingerprint density at radius 2 is 1.77 bits per heavy atom. The van der Waals surface area contributed by atoms with E-state index >= 15 is 0 Å². The number of nitrogens with one attached hydrogen (secondary N) is 2. The first-order valence-electron chi connectivity index (χ1n) is 4.17. The number of nitrogens with two attached hydrogens (primary N) is 1. The molecule has 0 aromatic carbocycles. The molecule has 0 aliphatic carbocycles. The van der Waals surface area contributed by atoms with Crippen LogP contribution in [0.2, 0.25) is 0 Å². The lowest BCUT2D eigenvalue weighted by Crippen LogP contribution is -2.32. The van der Waals surface area contributed by atoms with Crippen LogP contribution in [0.1, 0.15) is 26.3 Å². The number of aromatic nitrogens is 3. The average molecular weight is 186 g/mol. The van der Waals surface area contributed by atoms with Crippen LogP contribution < -0.4 is 17.1 Å². The van der Waals surface area contributed by atoms with Gasteiger partial charge < -0.3 is 5.73 Å². The summed E-state index contributed by atoms with van der Waals surface area (Å²) in [6.45, 7) is 3.62. The Bertz CT molecular complexity index is 345. The maximum absolute atomic E-state index is 11.1. The van der Waals surface area contributed by atoms with Gasteiger partial charge in [0.15, 0.2) is 0 Å². The third-order valence-electron chi connectivity index (χ3n) is 1.87. The first-order chi connectivity index (χ1) is 6.02. The topological polar surface area (TPSA) is 96.7 Å². The highest BCUT2D eigenvalue weighted by Gasteiger charge is 2.12. The molecule has 2 atom stereocenters. The van der Waals surface area contributed by atoms with E-state index in [2.05, 4.69) is 10.2 Å². The van der Waals surface area contributed by atoms with Crippen molar-refractivity contribution in [2.45, 2.75) is 32.4 Å². The van der Waals surface area contributed by atoms with Gasteiger partial charge in [-0.2, -0.15) is 0 Å². The predicted octanol–water partition coefficient (Wildman–Crippen LogP) is -0.837. The summed E-state index contributed by atoms with van der Waals surface area (Å²) < 4.78 is 1.13. The molecule has 0 fully saturated rings. The van der Waals surface area contributed by atoms with Gasteiger partial charge in [0.2, 0.25) is 0 Å². The Hall–Kier alpha value is -1.30. The van der Waals surface area contributed by atoms with Gasteiger partial charge in [-0.15, -0.1) is 0 Å². The summed E-state index contributed by atoms with van der Waals surface area (Å²) in [6, 6.07) is -0.210. The Labute approximate surface area is 74.7 Å². The van der Waals surface area contributed by atoms with E-state index in [-0.39, 0.29) is 12.1 Å². The summed E-state index contributed by atoms with van der Waals surface area (Å²) in [6.07, 6.45) is 0.598. The summed E-state index contributed by atoms with van der Waals surface area (Å²) in [7, 11) is 0. The molecule has 1 rings (SSSR count). The normalized spacial score (nSPS) is 15.6. The Kier molecular flexibility index (Phi) is 2.72. The second-order valence-electron chi connectivity index (χ2n) is 3.29. The van der Waals surface area contributed by atoms with E-state index in [1.165, 1.54) is 0 Å². The van der Waals surface area contributed by atoms with Crippen LogP contribution in [0.25, 0.3) is 0 Å². The van der Waals surface area contributed by atoms with E-state index in [9.17, 15) is 9.59 Å². The van der Waals surface area contributed by atoms with Crippen molar-refractivity contribution in [2.24, 2.45) is 5.73 Å². The molecule has 6 heteroatoms. The summed E-state index contributed by atoms with van der Waals surface area (Å²) in [5.41, 5.74) is 4.72. The van der Waals surface area contributed by atoms with E-state index in [1.807, 2.05) is 6.92 Å². The van der Waals surface area contributed by atoms with Gasteiger partial charge in [-0.1, -0.05) is 0 Å². The van der Waals surface area contributed by atoms with Gasteiger partial charge in [-0.3, -0.25) is 0 Å². The molecule has 0 aliphatic rings. The minimum atomic E-state index is -0.418. The van der Waals surface area contributed by atoms with Crippen LogP contribution in [0.5, 0.6) is 0 Å². The van der Waals surface area contributed by atoms with Crippen molar-refractivity contribution >= 4 is 0 Å². The fourth-order valence-corrected chi connectivity index (χ4v) is 1.36. The molecule has 74 valence electrons. The molecule has 0 radical (unpaired) electrons. The largest absolute Gasteiger partial charge is 0.344 e. The van der Waals surface area contributed by atoms with E-state index in [1.54, 1.807) is 6.92 Å². The van der Waals surface area contributed by atoms with Gasteiger partial charge >= 0.3 is 11.4 Å². The smallest absolute Gasteiger partial charge is 0.328 e. The van der Waals surface area contributed by atoms with Crippen molar-refractivity contribution in [1.82, 2.24) is 14.8 Å². The summed E-state index contributed by atoms with van der Waals surface area (Å²) in [4.78, 5) is 22.2. The summed E-state index contributed by atoms with van der Waals surface area (Å²) >= 11 is 0. The van der Waals surface area contributed by atoms with Crippen molar-refractivity contribution in [2.75, 3.05) is 0 Å². The highest BCUT2D eigenvalue weighted by atomic mass is 16.2. The zero-order valence-electron chi connectivity index (χ0n) is 7.70. The fraction of sp³-hybridized carbons (Fsp3) is 0.714. The van der Waals surface area contributed by atoms with E-state index in [4.69, 9.17) is 5.73 Å². The lowest BCUT2D eigenvalue weighted by molar-refractivity contribution is 0.445. The van der Waals surface area contributed by atoms with Gasteiger partial charge in [0.05, 0.1) is 0 Å². The highest BCUT2D eigenvalue weighted by Crippen LogP contribution is 2.05. The van der Waals surface area contributed by atoms with E-state index in [0.29, 0.717) is 6.42 Å². The highest BCUT2D eigenvalue weighted by molar-refractivity contribution is 4.74. The first-order valence-corrected chi connectivity index (χ1v) is 4.17. The molecule has 6 nitrogen and oxygen atoms in total. The first kappa shape index (κ1) is 9.79. The molecule has 0 aliphatic heterocycles. The van der Waals surface area contributed by atoms with Gasteiger partial charge in [0.25, 0.3) is 0 Å². The zero-order valence-corrected chi connectivity index (χ0v) is 7.70. The molecular weight excluding hydrogens is 172 g/mol. The Balaban J connectivity index is 2.94. The SMILES string of the molecule is CC(N)CC(C)n1c(=O)[nH][nH]c1=O. The summed E-state index contributed by atoms with van der Waals surface area (Å²) in [5.74, 6) is 0.